The summed E-state index contributed by atoms with van der Waals surface area (Å²) in [6, 6.07) is 0.651. The van der Waals surface area contributed by atoms with Crippen LogP contribution in [0.3, 0.4) is 0 Å². The molecule has 0 saturated heterocycles. The molecule has 0 aromatic carbocycles. The van der Waals surface area contributed by atoms with Crippen molar-refractivity contribution in [2.75, 3.05) is 19.7 Å². The van der Waals surface area contributed by atoms with Crippen LogP contribution in [0.1, 0.15) is 52.9 Å². The Bertz CT molecular complexity index is 212. The molecule has 0 radical (unpaired) electrons. The van der Waals surface area contributed by atoms with Crippen LogP contribution in [0.15, 0.2) is 0 Å². The van der Waals surface area contributed by atoms with E-state index in [0.29, 0.717) is 6.04 Å². The van der Waals surface area contributed by atoms with Crippen molar-refractivity contribution in [1.82, 2.24) is 4.90 Å². The molecule has 3 nitrogen and oxygen atoms in total. The van der Waals surface area contributed by atoms with E-state index in [1.54, 1.807) is 0 Å². The van der Waals surface area contributed by atoms with Gasteiger partial charge < -0.3 is 15.7 Å². The fourth-order valence-electron chi connectivity index (χ4n) is 2.12. The maximum atomic E-state index is 9.08. The standard InChI is InChI=1S/C14H30N2O/c1-12(2)16(10-13-6-7-13)9-5-4-8-14(3,15)11-17/h12-13,17H,4-11,15H2,1-3H3. The monoisotopic (exact) mass is 242 g/mol. The van der Waals surface area contributed by atoms with Crippen molar-refractivity contribution in [1.29, 1.82) is 0 Å². The summed E-state index contributed by atoms with van der Waals surface area (Å²) in [4.78, 5) is 2.59. The molecule has 1 saturated carbocycles. The minimum atomic E-state index is -0.390. The third-order valence-electron chi connectivity index (χ3n) is 3.72. The van der Waals surface area contributed by atoms with Crippen molar-refractivity contribution < 1.29 is 5.11 Å². The molecule has 0 amide bonds. The highest BCUT2D eigenvalue weighted by atomic mass is 16.3. The lowest BCUT2D eigenvalue weighted by Crippen LogP contribution is -2.40. The minimum absolute atomic E-state index is 0.0863. The summed E-state index contributed by atoms with van der Waals surface area (Å²) in [6.07, 6.45) is 6.07. The van der Waals surface area contributed by atoms with E-state index in [1.165, 1.54) is 32.4 Å². The molecule has 0 aromatic rings. The number of hydrogen-bond acceptors (Lipinski definition) is 3. The van der Waals surface area contributed by atoms with Gasteiger partial charge in [0, 0.05) is 18.1 Å². The summed E-state index contributed by atoms with van der Waals surface area (Å²) >= 11 is 0. The van der Waals surface area contributed by atoms with Gasteiger partial charge in [-0.15, -0.1) is 0 Å². The van der Waals surface area contributed by atoms with Gasteiger partial charge in [-0.1, -0.05) is 6.42 Å². The summed E-state index contributed by atoms with van der Waals surface area (Å²) < 4.78 is 0. The second kappa shape index (κ2) is 6.72. The number of aliphatic hydroxyl groups excluding tert-OH is 1. The van der Waals surface area contributed by atoms with E-state index < -0.39 is 0 Å². The van der Waals surface area contributed by atoms with Crippen LogP contribution >= 0.6 is 0 Å². The van der Waals surface area contributed by atoms with Crippen molar-refractivity contribution in [3.63, 3.8) is 0 Å². The van der Waals surface area contributed by atoms with Crippen LogP contribution in [0.4, 0.5) is 0 Å². The summed E-state index contributed by atoms with van der Waals surface area (Å²) in [7, 11) is 0. The van der Waals surface area contributed by atoms with Crippen LogP contribution in [-0.4, -0.2) is 41.3 Å². The molecule has 1 aliphatic rings. The molecule has 3 heteroatoms. The Hall–Kier alpha value is -0.120. The van der Waals surface area contributed by atoms with Crippen molar-refractivity contribution in [3.8, 4) is 0 Å². The van der Waals surface area contributed by atoms with Gasteiger partial charge in [-0.25, -0.2) is 0 Å². The SMILES string of the molecule is CC(C)N(CCCCC(C)(N)CO)CC1CC1. The molecule has 0 bridgehead atoms. The fourth-order valence-corrected chi connectivity index (χ4v) is 2.12. The van der Waals surface area contributed by atoms with Crippen LogP contribution < -0.4 is 5.73 Å². The molecule has 1 aliphatic carbocycles. The third kappa shape index (κ3) is 6.39. The first-order valence-electron chi connectivity index (χ1n) is 7.08. The molecule has 1 rings (SSSR count). The van der Waals surface area contributed by atoms with E-state index in [-0.39, 0.29) is 12.1 Å². The predicted octanol–water partition coefficient (Wildman–Crippen LogP) is 1.99. The van der Waals surface area contributed by atoms with Crippen LogP contribution in [0, 0.1) is 5.92 Å². The Kier molecular flexibility index (Phi) is 5.90. The van der Waals surface area contributed by atoms with E-state index in [4.69, 9.17) is 10.8 Å². The first kappa shape index (κ1) is 14.9. The number of unbranched alkanes of at least 4 members (excludes halogenated alkanes) is 1. The van der Waals surface area contributed by atoms with E-state index in [0.717, 1.165) is 18.8 Å². The molecule has 0 aliphatic heterocycles. The lowest BCUT2D eigenvalue weighted by Gasteiger charge is -2.27. The molecule has 0 aromatic heterocycles. The highest BCUT2D eigenvalue weighted by Crippen LogP contribution is 2.30. The number of aliphatic hydroxyl groups is 1. The summed E-state index contributed by atoms with van der Waals surface area (Å²) in [5, 5.41) is 9.08. The van der Waals surface area contributed by atoms with Gasteiger partial charge in [-0.05, 0) is 58.9 Å². The average molecular weight is 242 g/mol. The zero-order chi connectivity index (χ0) is 12.9. The molecule has 17 heavy (non-hydrogen) atoms. The molecule has 1 atom stereocenters. The van der Waals surface area contributed by atoms with E-state index in [2.05, 4.69) is 18.7 Å². The van der Waals surface area contributed by atoms with Gasteiger partial charge >= 0.3 is 0 Å². The topological polar surface area (TPSA) is 49.5 Å². The first-order valence-corrected chi connectivity index (χ1v) is 7.08. The largest absolute Gasteiger partial charge is 0.394 e. The number of hydrogen-bond donors (Lipinski definition) is 2. The minimum Gasteiger partial charge on any atom is -0.394 e. The lowest BCUT2D eigenvalue weighted by atomic mass is 9.97. The van der Waals surface area contributed by atoms with Gasteiger partial charge in [-0.2, -0.15) is 0 Å². The van der Waals surface area contributed by atoms with Crippen molar-refractivity contribution in [3.05, 3.63) is 0 Å². The zero-order valence-electron chi connectivity index (χ0n) is 11.8. The smallest absolute Gasteiger partial charge is 0.0608 e. The Balaban J connectivity index is 2.13. The summed E-state index contributed by atoms with van der Waals surface area (Å²) in [5.74, 6) is 0.967. The van der Waals surface area contributed by atoms with Crippen LogP contribution in [0.5, 0.6) is 0 Å². The quantitative estimate of drug-likeness (QED) is 0.608. The highest BCUT2D eigenvalue weighted by Gasteiger charge is 2.25. The maximum Gasteiger partial charge on any atom is 0.0608 e. The Morgan fingerprint density at radius 3 is 2.47 bits per heavy atom. The highest BCUT2D eigenvalue weighted by molar-refractivity contribution is 4.80. The van der Waals surface area contributed by atoms with Crippen molar-refractivity contribution in [2.24, 2.45) is 11.7 Å². The second-order valence-electron chi connectivity index (χ2n) is 6.30. The molecule has 3 N–H and O–H groups in total. The molecule has 0 heterocycles. The van der Waals surface area contributed by atoms with E-state index >= 15 is 0 Å². The normalized spacial score (nSPS) is 19.9. The van der Waals surface area contributed by atoms with Crippen LogP contribution in [0.25, 0.3) is 0 Å². The molecule has 1 fully saturated rings. The van der Waals surface area contributed by atoms with Gasteiger partial charge in [0.1, 0.15) is 0 Å². The maximum absolute atomic E-state index is 9.08. The number of nitrogens with two attached hydrogens (primary N) is 1. The Morgan fingerprint density at radius 1 is 1.35 bits per heavy atom. The molecule has 102 valence electrons. The molecular weight excluding hydrogens is 212 g/mol. The lowest BCUT2D eigenvalue weighted by molar-refractivity contribution is 0.185. The predicted molar refractivity (Wildman–Crippen MR) is 73.0 cm³/mol. The van der Waals surface area contributed by atoms with Crippen LogP contribution in [0.2, 0.25) is 0 Å². The Labute approximate surface area is 106 Å². The second-order valence-corrected chi connectivity index (χ2v) is 6.30. The van der Waals surface area contributed by atoms with Crippen molar-refractivity contribution >= 4 is 0 Å². The van der Waals surface area contributed by atoms with Gasteiger partial charge in [0.25, 0.3) is 0 Å². The first-order chi connectivity index (χ1) is 7.94. The fraction of sp³-hybridized carbons (Fsp3) is 1.00. The van der Waals surface area contributed by atoms with Gasteiger partial charge in [0.05, 0.1) is 6.61 Å². The van der Waals surface area contributed by atoms with Gasteiger partial charge in [0.2, 0.25) is 0 Å². The van der Waals surface area contributed by atoms with Crippen LogP contribution in [-0.2, 0) is 0 Å². The zero-order valence-corrected chi connectivity index (χ0v) is 11.8. The number of nitrogens with zero attached hydrogens (tertiary/aromatic N) is 1. The molecular formula is C14H30N2O. The van der Waals surface area contributed by atoms with E-state index in [9.17, 15) is 0 Å². The van der Waals surface area contributed by atoms with E-state index in [1.807, 2.05) is 6.92 Å². The summed E-state index contributed by atoms with van der Waals surface area (Å²) in [5.41, 5.74) is 5.53. The van der Waals surface area contributed by atoms with Gasteiger partial charge in [0.15, 0.2) is 0 Å². The molecule has 1 unspecified atom stereocenters. The third-order valence-corrected chi connectivity index (χ3v) is 3.72. The summed E-state index contributed by atoms with van der Waals surface area (Å²) in [6.45, 7) is 9.03. The number of rotatable bonds is 9. The average Bonchev–Trinajstić information content (AvgIpc) is 3.06. The molecule has 0 spiro atoms. The Morgan fingerprint density at radius 2 is 2.00 bits per heavy atom. The van der Waals surface area contributed by atoms with Crippen molar-refractivity contribution in [2.45, 2.75) is 64.5 Å². The van der Waals surface area contributed by atoms with Gasteiger partial charge in [-0.3, -0.25) is 0 Å².